The second-order valence-electron chi connectivity index (χ2n) is 9.16. The number of carbonyl (C=O) groups excluding carboxylic acids is 3. The SMILES string of the molecule is CC(C)c1ccc([C@]2(C)NC(=O)N(CC(=O)N(C3=CCCCC3)C3CC3)C2=O)cc1. The third-order valence-electron chi connectivity index (χ3n) is 6.48. The smallest absolute Gasteiger partial charge is 0.319 e. The van der Waals surface area contributed by atoms with E-state index in [0.29, 0.717) is 5.92 Å². The summed E-state index contributed by atoms with van der Waals surface area (Å²) in [5.74, 6) is -0.141. The lowest BCUT2D eigenvalue weighted by Crippen LogP contribution is -2.45. The third kappa shape index (κ3) is 3.75. The van der Waals surface area contributed by atoms with E-state index in [9.17, 15) is 14.4 Å². The van der Waals surface area contributed by atoms with Crippen LogP contribution >= 0.6 is 0 Å². The number of carbonyl (C=O) groups is 3. The summed E-state index contributed by atoms with van der Waals surface area (Å²) in [5, 5.41) is 2.82. The van der Waals surface area contributed by atoms with Crippen LogP contribution in [0.2, 0.25) is 0 Å². The number of benzene rings is 1. The lowest BCUT2D eigenvalue weighted by molar-refractivity contribution is -0.138. The van der Waals surface area contributed by atoms with Crippen LogP contribution in [-0.4, -0.2) is 40.2 Å². The summed E-state index contributed by atoms with van der Waals surface area (Å²) in [6.45, 7) is 5.72. The minimum Gasteiger partial charge on any atom is -0.319 e. The van der Waals surface area contributed by atoms with Crippen LogP contribution in [0.4, 0.5) is 4.79 Å². The van der Waals surface area contributed by atoms with Gasteiger partial charge in [-0.2, -0.15) is 0 Å². The Morgan fingerprint density at radius 2 is 1.90 bits per heavy atom. The molecule has 1 aromatic carbocycles. The summed E-state index contributed by atoms with van der Waals surface area (Å²) in [4.78, 5) is 42.0. The number of imide groups is 1. The first kappa shape index (κ1) is 20.6. The van der Waals surface area contributed by atoms with Gasteiger partial charge in [-0.3, -0.25) is 14.5 Å². The first-order chi connectivity index (χ1) is 14.3. The summed E-state index contributed by atoms with van der Waals surface area (Å²) in [5.41, 5.74) is 1.82. The van der Waals surface area contributed by atoms with Crippen molar-refractivity contribution < 1.29 is 14.4 Å². The lowest BCUT2D eigenvalue weighted by atomic mass is 9.90. The predicted octanol–water partition coefficient (Wildman–Crippen LogP) is 4.03. The van der Waals surface area contributed by atoms with Gasteiger partial charge >= 0.3 is 6.03 Å². The van der Waals surface area contributed by atoms with Crippen LogP contribution in [0.5, 0.6) is 0 Å². The van der Waals surface area contributed by atoms with Crippen molar-refractivity contribution in [2.45, 2.75) is 76.8 Å². The molecule has 0 bridgehead atoms. The van der Waals surface area contributed by atoms with Gasteiger partial charge in [-0.05, 0) is 62.5 Å². The predicted molar refractivity (Wildman–Crippen MR) is 115 cm³/mol. The lowest BCUT2D eigenvalue weighted by Gasteiger charge is -2.29. The van der Waals surface area contributed by atoms with Crippen LogP contribution in [0.1, 0.15) is 76.3 Å². The topological polar surface area (TPSA) is 69.7 Å². The molecule has 1 heterocycles. The van der Waals surface area contributed by atoms with Gasteiger partial charge < -0.3 is 10.2 Å². The Balaban J connectivity index is 1.52. The number of amides is 4. The summed E-state index contributed by atoms with van der Waals surface area (Å²) in [7, 11) is 0. The monoisotopic (exact) mass is 409 g/mol. The number of hydrogen-bond acceptors (Lipinski definition) is 3. The van der Waals surface area contributed by atoms with Gasteiger partial charge in [-0.15, -0.1) is 0 Å². The Morgan fingerprint density at radius 1 is 1.20 bits per heavy atom. The Bertz CT molecular complexity index is 885. The molecule has 1 N–H and O–H groups in total. The largest absolute Gasteiger partial charge is 0.325 e. The second-order valence-corrected chi connectivity index (χ2v) is 9.16. The number of allylic oxidation sites excluding steroid dienone is 2. The Hall–Kier alpha value is -2.63. The molecule has 0 unspecified atom stereocenters. The van der Waals surface area contributed by atoms with Crippen molar-refractivity contribution in [2.75, 3.05) is 6.54 Å². The van der Waals surface area contributed by atoms with E-state index in [2.05, 4.69) is 25.2 Å². The molecule has 3 aliphatic rings. The van der Waals surface area contributed by atoms with Crippen LogP contribution in [0, 0.1) is 0 Å². The summed E-state index contributed by atoms with van der Waals surface area (Å²) in [6.07, 6.45) is 8.23. The fourth-order valence-corrected chi connectivity index (χ4v) is 4.42. The molecule has 1 saturated carbocycles. The maximum Gasteiger partial charge on any atom is 0.325 e. The Kier molecular flexibility index (Phi) is 5.43. The normalized spacial score (nSPS) is 24.1. The minimum absolute atomic E-state index is 0.159. The molecule has 6 heteroatoms. The third-order valence-corrected chi connectivity index (χ3v) is 6.48. The van der Waals surface area contributed by atoms with Crippen LogP contribution in [0.25, 0.3) is 0 Å². The van der Waals surface area contributed by atoms with Crippen LogP contribution in [0.3, 0.4) is 0 Å². The molecule has 1 saturated heterocycles. The molecule has 1 aromatic rings. The maximum absolute atomic E-state index is 13.2. The van der Waals surface area contributed by atoms with Gasteiger partial charge in [0.1, 0.15) is 12.1 Å². The van der Waals surface area contributed by atoms with Crippen molar-refractivity contribution in [3.8, 4) is 0 Å². The van der Waals surface area contributed by atoms with Crippen molar-refractivity contribution >= 4 is 17.8 Å². The molecule has 1 aliphatic heterocycles. The molecule has 30 heavy (non-hydrogen) atoms. The van der Waals surface area contributed by atoms with E-state index >= 15 is 0 Å². The highest BCUT2D eigenvalue weighted by Crippen LogP contribution is 2.35. The molecule has 6 nitrogen and oxygen atoms in total. The van der Waals surface area contributed by atoms with E-state index in [-0.39, 0.29) is 24.4 Å². The van der Waals surface area contributed by atoms with Crippen molar-refractivity contribution in [1.29, 1.82) is 0 Å². The number of rotatable bonds is 6. The highest BCUT2D eigenvalue weighted by molar-refractivity contribution is 6.09. The number of nitrogens with one attached hydrogen (secondary N) is 1. The quantitative estimate of drug-likeness (QED) is 0.722. The fourth-order valence-electron chi connectivity index (χ4n) is 4.42. The molecular weight excluding hydrogens is 378 g/mol. The fraction of sp³-hybridized carbons (Fsp3) is 0.542. The van der Waals surface area contributed by atoms with Gasteiger partial charge in [0.2, 0.25) is 5.91 Å². The zero-order chi connectivity index (χ0) is 21.5. The van der Waals surface area contributed by atoms with Gasteiger partial charge in [-0.25, -0.2) is 4.79 Å². The van der Waals surface area contributed by atoms with E-state index in [1.807, 2.05) is 29.2 Å². The highest BCUT2D eigenvalue weighted by atomic mass is 16.2. The number of urea groups is 1. The molecule has 2 aliphatic carbocycles. The highest BCUT2D eigenvalue weighted by Gasteiger charge is 2.50. The van der Waals surface area contributed by atoms with Crippen LogP contribution in [-0.2, 0) is 15.1 Å². The molecule has 0 radical (unpaired) electrons. The second kappa shape index (κ2) is 7.89. The van der Waals surface area contributed by atoms with E-state index in [4.69, 9.17) is 0 Å². The summed E-state index contributed by atoms with van der Waals surface area (Å²) < 4.78 is 0. The average Bonchev–Trinajstić information content (AvgIpc) is 3.54. The van der Waals surface area contributed by atoms with Crippen molar-refractivity contribution in [1.82, 2.24) is 15.1 Å². The zero-order valence-corrected chi connectivity index (χ0v) is 18.1. The molecule has 160 valence electrons. The average molecular weight is 410 g/mol. The van der Waals surface area contributed by atoms with Gasteiger partial charge in [0.15, 0.2) is 0 Å². The van der Waals surface area contributed by atoms with Crippen LogP contribution < -0.4 is 5.32 Å². The Morgan fingerprint density at radius 3 is 2.47 bits per heavy atom. The minimum atomic E-state index is -1.15. The molecule has 4 rings (SSSR count). The van der Waals surface area contributed by atoms with E-state index in [1.54, 1.807) is 6.92 Å². The molecule has 4 amide bonds. The van der Waals surface area contributed by atoms with Crippen molar-refractivity contribution in [3.05, 3.63) is 47.2 Å². The van der Waals surface area contributed by atoms with Gasteiger partial charge in [-0.1, -0.05) is 44.2 Å². The van der Waals surface area contributed by atoms with Gasteiger partial charge in [0, 0.05) is 11.7 Å². The van der Waals surface area contributed by atoms with E-state index < -0.39 is 11.6 Å². The van der Waals surface area contributed by atoms with Gasteiger partial charge in [0.25, 0.3) is 5.91 Å². The molecule has 0 aromatic heterocycles. The summed E-state index contributed by atoms with van der Waals surface area (Å²) in [6, 6.07) is 7.48. The molecule has 2 fully saturated rings. The molecule has 0 spiro atoms. The molecular formula is C24H31N3O3. The first-order valence-corrected chi connectivity index (χ1v) is 11.1. The van der Waals surface area contributed by atoms with E-state index in [0.717, 1.165) is 54.7 Å². The van der Waals surface area contributed by atoms with Gasteiger partial charge in [0.05, 0.1) is 0 Å². The first-order valence-electron chi connectivity index (χ1n) is 11.1. The van der Waals surface area contributed by atoms with E-state index in [1.165, 1.54) is 5.56 Å². The molecule has 1 atom stereocenters. The van der Waals surface area contributed by atoms with Crippen molar-refractivity contribution in [3.63, 3.8) is 0 Å². The van der Waals surface area contributed by atoms with Crippen molar-refractivity contribution in [2.24, 2.45) is 0 Å². The Labute approximate surface area is 178 Å². The number of nitrogens with zero attached hydrogens (tertiary/aromatic N) is 2. The summed E-state index contributed by atoms with van der Waals surface area (Å²) >= 11 is 0. The van der Waals surface area contributed by atoms with Crippen LogP contribution in [0.15, 0.2) is 36.0 Å². The zero-order valence-electron chi connectivity index (χ0n) is 18.1. The maximum atomic E-state index is 13.2. The standard InChI is InChI=1S/C24H31N3O3/c1-16(2)17-9-11-18(12-10-17)24(3)22(29)26(23(30)25-24)15-21(28)27(20-13-14-20)19-7-5-4-6-8-19/h7,9-12,16,20H,4-6,8,13-15H2,1-3H3,(H,25,30)/t24-/m0/s1. The number of hydrogen-bond donors (Lipinski definition) is 1.